The lowest BCUT2D eigenvalue weighted by Crippen LogP contribution is -2.07. The summed E-state index contributed by atoms with van der Waals surface area (Å²) in [6.07, 6.45) is 3.40. The summed E-state index contributed by atoms with van der Waals surface area (Å²) in [7, 11) is 7.60. The van der Waals surface area contributed by atoms with Crippen molar-refractivity contribution in [2.24, 2.45) is 5.92 Å². The van der Waals surface area contributed by atoms with Crippen LogP contribution in [0.1, 0.15) is 33.1 Å². The van der Waals surface area contributed by atoms with Crippen molar-refractivity contribution in [2.45, 2.75) is 38.9 Å². The Morgan fingerprint density at radius 3 is 2.55 bits per heavy atom. The molecule has 0 amide bonds. The predicted molar refractivity (Wildman–Crippen MR) is 50.1 cm³/mol. The van der Waals surface area contributed by atoms with Gasteiger partial charge in [0.15, 0.2) is 0 Å². The van der Waals surface area contributed by atoms with E-state index in [1.807, 2.05) is 0 Å². The Morgan fingerprint density at radius 1 is 1.45 bits per heavy atom. The number of methoxy groups -OCH3 is 1. The number of hydrogen-bond donors (Lipinski definition) is 0. The minimum atomic E-state index is 0.366. The average Bonchev–Trinajstić information content (AvgIpc) is 1.87. The molecule has 0 aromatic heterocycles. The molecule has 0 spiro atoms. The van der Waals surface area contributed by atoms with Crippen molar-refractivity contribution in [2.75, 3.05) is 13.7 Å². The molecule has 1 nitrogen and oxygen atoms in total. The van der Waals surface area contributed by atoms with E-state index < -0.39 is 0 Å². The van der Waals surface area contributed by atoms with Crippen LogP contribution in [-0.2, 0) is 4.74 Å². The van der Waals surface area contributed by atoms with Gasteiger partial charge in [-0.2, -0.15) is 0 Å². The van der Waals surface area contributed by atoms with Gasteiger partial charge >= 0.3 is 0 Å². The number of hydrogen-bond acceptors (Lipinski definition) is 1. The van der Waals surface area contributed by atoms with E-state index in [-0.39, 0.29) is 0 Å². The van der Waals surface area contributed by atoms with Crippen molar-refractivity contribution in [3.05, 3.63) is 0 Å². The van der Waals surface area contributed by atoms with Crippen LogP contribution in [0.2, 0.25) is 5.82 Å². The summed E-state index contributed by atoms with van der Waals surface area (Å²) in [5.41, 5.74) is 0. The zero-order chi connectivity index (χ0) is 8.69. The van der Waals surface area contributed by atoms with E-state index in [0.29, 0.717) is 11.7 Å². The molecule has 0 aromatic carbocycles. The van der Waals surface area contributed by atoms with Crippen LogP contribution in [0.3, 0.4) is 0 Å². The lowest BCUT2D eigenvalue weighted by Gasteiger charge is -2.15. The molecule has 0 fully saturated rings. The summed E-state index contributed by atoms with van der Waals surface area (Å²) in [5.74, 6) is 0.965. The maximum absolute atomic E-state index is 5.86. The molecule has 11 heavy (non-hydrogen) atoms. The van der Waals surface area contributed by atoms with Crippen LogP contribution >= 0.6 is 0 Å². The molecule has 0 rings (SSSR count). The molecule has 2 atom stereocenters. The van der Waals surface area contributed by atoms with Crippen LogP contribution in [0, 0.1) is 5.92 Å². The van der Waals surface area contributed by atoms with E-state index in [2.05, 4.69) is 13.8 Å². The van der Waals surface area contributed by atoms with Crippen molar-refractivity contribution >= 4 is 7.85 Å². The van der Waals surface area contributed by atoms with Crippen molar-refractivity contribution < 1.29 is 4.74 Å². The van der Waals surface area contributed by atoms with Gasteiger partial charge in [-0.1, -0.05) is 38.9 Å². The molecule has 64 valence electrons. The molecule has 0 aliphatic carbocycles. The molecular formula is C9H19BO. The van der Waals surface area contributed by atoms with Crippen LogP contribution < -0.4 is 0 Å². The quantitative estimate of drug-likeness (QED) is 0.534. The van der Waals surface area contributed by atoms with Crippen molar-refractivity contribution in [1.29, 1.82) is 0 Å². The molecular weight excluding hydrogens is 135 g/mol. The van der Waals surface area contributed by atoms with E-state index in [1.54, 1.807) is 7.11 Å². The van der Waals surface area contributed by atoms with Gasteiger partial charge in [0.2, 0.25) is 0 Å². The van der Waals surface area contributed by atoms with Gasteiger partial charge < -0.3 is 4.74 Å². The minimum absolute atomic E-state index is 0.366. The first-order valence-electron chi connectivity index (χ1n) is 4.45. The van der Waals surface area contributed by atoms with Crippen LogP contribution in [0.4, 0.5) is 0 Å². The molecule has 0 saturated carbocycles. The van der Waals surface area contributed by atoms with Gasteiger partial charge in [-0.3, -0.25) is 0 Å². The summed E-state index contributed by atoms with van der Waals surface area (Å²) in [6.45, 7) is 5.18. The Labute approximate surface area is 71.9 Å². The highest BCUT2D eigenvalue weighted by atomic mass is 16.5. The highest BCUT2D eigenvalue weighted by Crippen LogP contribution is 2.19. The van der Waals surface area contributed by atoms with E-state index in [9.17, 15) is 0 Å². The van der Waals surface area contributed by atoms with Crippen LogP contribution in [-0.4, -0.2) is 21.6 Å². The Bertz CT molecular complexity index is 75.6. The first-order valence-corrected chi connectivity index (χ1v) is 4.45. The number of ether oxygens (including phenoxy) is 1. The zero-order valence-electron chi connectivity index (χ0n) is 7.97. The molecule has 0 aliphatic rings. The molecule has 0 bridgehead atoms. The molecule has 0 aromatic rings. The predicted octanol–water partition coefficient (Wildman–Crippen LogP) is 2.42. The van der Waals surface area contributed by atoms with Crippen molar-refractivity contribution in [1.82, 2.24) is 0 Å². The largest absolute Gasteiger partial charge is 0.384 e. The van der Waals surface area contributed by atoms with E-state index in [0.717, 1.165) is 19.4 Å². The highest BCUT2D eigenvalue weighted by Gasteiger charge is 2.06. The normalized spacial score (nSPS) is 16.3. The molecule has 2 unspecified atom stereocenters. The van der Waals surface area contributed by atoms with E-state index in [4.69, 9.17) is 12.6 Å². The maximum atomic E-state index is 5.86. The Hall–Kier alpha value is 0.0249. The first kappa shape index (κ1) is 11.0. The van der Waals surface area contributed by atoms with Crippen LogP contribution in [0.5, 0.6) is 0 Å². The summed E-state index contributed by atoms with van der Waals surface area (Å²) in [4.78, 5) is 0. The van der Waals surface area contributed by atoms with Gasteiger partial charge in [-0.05, 0) is 5.92 Å². The fourth-order valence-electron chi connectivity index (χ4n) is 1.36. The topological polar surface area (TPSA) is 9.23 Å². The van der Waals surface area contributed by atoms with Gasteiger partial charge in [0.05, 0.1) is 7.85 Å². The molecule has 0 aliphatic heterocycles. The second-order valence-corrected chi connectivity index (χ2v) is 3.34. The SMILES string of the molecule is [B]C(CCC)CC(C)COC. The second kappa shape index (κ2) is 6.72. The Kier molecular flexibility index (Phi) is 6.73. The summed E-state index contributed by atoms with van der Waals surface area (Å²) in [6, 6.07) is 0. The van der Waals surface area contributed by atoms with Crippen molar-refractivity contribution in [3.63, 3.8) is 0 Å². The zero-order valence-corrected chi connectivity index (χ0v) is 7.97. The molecule has 0 heterocycles. The van der Waals surface area contributed by atoms with E-state index in [1.165, 1.54) is 6.42 Å². The fraction of sp³-hybridized carbons (Fsp3) is 1.00. The van der Waals surface area contributed by atoms with Gasteiger partial charge in [0.25, 0.3) is 0 Å². The van der Waals surface area contributed by atoms with Crippen LogP contribution in [0.25, 0.3) is 0 Å². The van der Waals surface area contributed by atoms with Crippen LogP contribution in [0.15, 0.2) is 0 Å². The lowest BCUT2D eigenvalue weighted by molar-refractivity contribution is 0.154. The Morgan fingerprint density at radius 2 is 2.09 bits per heavy atom. The fourth-order valence-corrected chi connectivity index (χ4v) is 1.36. The van der Waals surface area contributed by atoms with Gasteiger partial charge in [0.1, 0.15) is 0 Å². The molecule has 2 radical (unpaired) electrons. The summed E-state index contributed by atoms with van der Waals surface area (Å²) < 4.78 is 5.03. The van der Waals surface area contributed by atoms with Gasteiger partial charge in [-0.25, -0.2) is 0 Å². The summed E-state index contributed by atoms with van der Waals surface area (Å²) in [5, 5.41) is 0. The smallest absolute Gasteiger partial charge is 0.0699 e. The monoisotopic (exact) mass is 154 g/mol. The van der Waals surface area contributed by atoms with E-state index >= 15 is 0 Å². The minimum Gasteiger partial charge on any atom is -0.384 e. The average molecular weight is 154 g/mol. The lowest BCUT2D eigenvalue weighted by atomic mass is 9.77. The third kappa shape index (κ3) is 6.42. The third-order valence-electron chi connectivity index (χ3n) is 1.82. The first-order chi connectivity index (χ1) is 5.20. The second-order valence-electron chi connectivity index (χ2n) is 3.34. The Balaban J connectivity index is 3.32. The molecule has 0 N–H and O–H groups in total. The standard InChI is InChI=1S/C9H19BO/c1-4-5-9(10)6-8(2)7-11-3/h8-9H,4-7H2,1-3H3. The number of rotatable bonds is 6. The third-order valence-corrected chi connectivity index (χ3v) is 1.82. The molecule has 2 heteroatoms. The molecule has 0 saturated heterocycles. The highest BCUT2D eigenvalue weighted by molar-refractivity contribution is 6.11. The van der Waals surface area contributed by atoms with Crippen molar-refractivity contribution in [3.8, 4) is 0 Å². The summed E-state index contributed by atoms with van der Waals surface area (Å²) >= 11 is 0. The van der Waals surface area contributed by atoms with Gasteiger partial charge in [0, 0.05) is 13.7 Å². The van der Waals surface area contributed by atoms with Gasteiger partial charge in [-0.15, -0.1) is 0 Å². The maximum Gasteiger partial charge on any atom is 0.0699 e.